The molecule has 0 aliphatic rings. The van der Waals surface area contributed by atoms with Crippen molar-refractivity contribution in [3.8, 4) is 0 Å². The molecule has 1 N–H and O–H groups in total. The van der Waals surface area contributed by atoms with Crippen LogP contribution in [0.1, 0.15) is 6.92 Å². The maximum absolute atomic E-state index is 12.8. The van der Waals surface area contributed by atoms with Gasteiger partial charge in [0.25, 0.3) is 0 Å². The van der Waals surface area contributed by atoms with Gasteiger partial charge in [-0.1, -0.05) is 0 Å². The molecule has 0 amide bonds. The minimum Gasteiger partial charge on any atom is -0.441 e. The van der Waals surface area contributed by atoms with Gasteiger partial charge in [-0.3, -0.25) is 0 Å². The summed E-state index contributed by atoms with van der Waals surface area (Å²) in [5, 5.41) is 3.94. The van der Waals surface area contributed by atoms with Gasteiger partial charge in [0.15, 0.2) is 5.88 Å². The van der Waals surface area contributed by atoms with Gasteiger partial charge in [-0.25, -0.2) is 4.39 Å². The molecule has 0 aliphatic carbocycles. The average molecular weight is 179 g/mol. The molecule has 0 fully saturated rings. The van der Waals surface area contributed by atoms with Crippen LogP contribution in [0, 0.1) is 5.82 Å². The third kappa shape index (κ3) is 1.49. The molecule has 3 heteroatoms. The minimum absolute atomic E-state index is 0.273. The van der Waals surface area contributed by atoms with Crippen LogP contribution in [0.2, 0.25) is 0 Å². The van der Waals surface area contributed by atoms with E-state index >= 15 is 0 Å². The number of hydrogen-bond acceptors (Lipinski definition) is 2. The SMILES string of the molecule is CCNc1cc2ccc(F)cc2o1. The smallest absolute Gasteiger partial charge is 0.194 e. The Kier molecular flexibility index (Phi) is 1.93. The highest BCUT2D eigenvalue weighted by Gasteiger charge is 2.02. The maximum Gasteiger partial charge on any atom is 0.194 e. The number of anilines is 1. The zero-order valence-electron chi connectivity index (χ0n) is 7.30. The first-order chi connectivity index (χ1) is 6.29. The second-order valence-electron chi connectivity index (χ2n) is 2.82. The summed E-state index contributed by atoms with van der Waals surface area (Å²) in [6.45, 7) is 2.77. The third-order valence-electron chi connectivity index (χ3n) is 1.83. The molecule has 0 saturated carbocycles. The van der Waals surface area contributed by atoms with E-state index in [2.05, 4.69) is 5.32 Å². The Morgan fingerprint density at radius 1 is 1.38 bits per heavy atom. The molecule has 1 aromatic carbocycles. The molecule has 0 spiro atoms. The van der Waals surface area contributed by atoms with E-state index in [0.717, 1.165) is 11.9 Å². The lowest BCUT2D eigenvalue weighted by Crippen LogP contribution is -1.93. The fourth-order valence-corrected chi connectivity index (χ4v) is 1.27. The Morgan fingerprint density at radius 2 is 2.23 bits per heavy atom. The van der Waals surface area contributed by atoms with Crippen molar-refractivity contribution in [1.29, 1.82) is 0 Å². The van der Waals surface area contributed by atoms with Gasteiger partial charge in [0.05, 0.1) is 0 Å². The molecular weight excluding hydrogens is 169 g/mol. The fraction of sp³-hybridized carbons (Fsp3) is 0.200. The van der Waals surface area contributed by atoms with Crippen LogP contribution < -0.4 is 5.32 Å². The summed E-state index contributed by atoms with van der Waals surface area (Å²) >= 11 is 0. The number of fused-ring (bicyclic) bond motifs is 1. The van der Waals surface area contributed by atoms with Crippen molar-refractivity contribution < 1.29 is 8.81 Å². The molecule has 0 saturated heterocycles. The van der Waals surface area contributed by atoms with Crippen LogP contribution in [-0.2, 0) is 0 Å². The van der Waals surface area contributed by atoms with Crippen molar-refractivity contribution in [2.24, 2.45) is 0 Å². The normalized spacial score (nSPS) is 10.6. The van der Waals surface area contributed by atoms with E-state index < -0.39 is 0 Å². The van der Waals surface area contributed by atoms with Crippen LogP contribution in [0.5, 0.6) is 0 Å². The summed E-state index contributed by atoms with van der Waals surface area (Å²) in [4.78, 5) is 0. The lowest BCUT2D eigenvalue weighted by molar-refractivity contribution is 0.606. The molecule has 2 rings (SSSR count). The van der Waals surface area contributed by atoms with Gasteiger partial charge in [-0.05, 0) is 19.1 Å². The number of hydrogen-bond donors (Lipinski definition) is 1. The number of nitrogens with one attached hydrogen (secondary N) is 1. The van der Waals surface area contributed by atoms with Crippen molar-refractivity contribution in [3.05, 3.63) is 30.1 Å². The van der Waals surface area contributed by atoms with E-state index in [-0.39, 0.29) is 5.82 Å². The Bertz CT molecular complexity index is 422. The largest absolute Gasteiger partial charge is 0.441 e. The molecule has 1 aromatic heterocycles. The molecule has 0 atom stereocenters. The van der Waals surface area contributed by atoms with E-state index in [0.29, 0.717) is 11.5 Å². The highest BCUT2D eigenvalue weighted by molar-refractivity contribution is 5.80. The zero-order valence-corrected chi connectivity index (χ0v) is 7.30. The number of benzene rings is 1. The second kappa shape index (κ2) is 3.09. The van der Waals surface area contributed by atoms with Crippen molar-refractivity contribution in [2.75, 3.05) is 11.9 Å². The Morgan fingerprint density at radius 3 is 3.00 bits per heavy atom. The number of furan rings is 1. The van der Waals surface area contributed by atoms with Crippen molar-refractivity contribution in [3.63, 3.8) is 0 Å². The van der Waals surface area contributed by atoms with E-state index in [9.17, 15) is 4.39 Å². The molecule has 1 heterocycles. The summed E-state index contributed by atoms with van der Waals surface area (Å²) in [5.41, 5.74) is 0.580. The summed E-state index contributed by atoms with van der Waals surface area (Å²) in [6.07, 6.45) is 0. The predicted octanol–water partition coefficient (Wildman–Crippen LogP) is 3.00. The number of rotatable bonds is 2. The first-order valence-electron chi connectivity index (χ1n) is 4.22. The van der Waals surface area contributed by atoms with Gasteiger partial charge in [0.2, 0.25) is 0 Å². The molecule has 0 unspecified atom stereocenters. The van der Waals surface area contributed by atoms with Crippen LogP contribution in [0.15, 0.2) is 28.7 Å². The van der Waals surface area contributed by atoms with E-state index in [1.165, 1.54) is 12.1 Å². The average Bonchev–Trinajstić information content (AvgIpc) is 2.46. The molecule has 68 valence electrons. The quantitative estimate of drug-likeness (QED) is 0.766. The molecule has 2 aromatic rings. The molecule has 0 radical (unpaired) electrons. The predicted molar refractivity (Wildman–Crippen MR) is 50.3 cm³/mol. The van der Waals surface area contributed by atoms with Crippen LogP contribution in [-0.4, -0.2) is 6.54 Å². The van der Waals surface area contributed by atoms with Crippen LogP contribution >= 0.6 is 0 Å². The van der Waals surface area contributed by atoms with Gasteiger partial charge in [0, 0.05) is 24.1 Å². The number of halogens is 1. The first-order valence-corrected chi connectivity index (χ1v) is 4.22. The van der Waals surface area contributed by atoms with Gasteiger partial charge in [-0.15, -0.1) is 0 Å². The van der Waals surface area contributed by atoms with Gasteiger partial charge >= 0.3 is 0 Å². The summed E-state index contributed by atoms with van der Waals surface area (Å²) in [5.74, 6) is 0.410. The maximum atomic E-state index is 12.8. The van der Waals surface area contributed by atoms with Gasteiger partial charge in [-0.2, -0.15) is 0 Å². The Balaban J connectivity index is 2.49. The molecule has 0 bridgehead atoms. The van der Waals surface area contributed by atoms with E-state index in [1.54, 1.807) is 6.07 Å². The van der Waals surface area contributed by atoms with Crippen molar-refractivity contribution in [2.45, 2.75) is 6.92 Å². The van der Waals surface area contributed by atoms with E-state index in [4.69, 9.17) is 4.42 Å². The molecule has 0 aliphatic heterocycles. The van der Waals surface area contributed by atoms with Gasteiger partial charge < -0.3 is 9.73 Å². The third-order valence-corrected chi connectivity index (χ3v) is 1.83. The van der Waals surface area contributed by atoms with Crippen molar-refractivity contribution >= 4 is 16.9 Å². The molecular formula is C10H10FNO. The summed E-state index contributed by atoms with van der Waals surface area (Å²) < 4.78 is 18.1. The second-order valence-corrected chi connectivity index (χ2v) is 2.82. The summed E-state index contributed by atoms with van der Waals surface area (Å²) in [6, 6.07) is 6.37. The highest BCUT2D eigenvalue weighted by Crippen LogP contribution is 2.23. The molecule has 2 nitrogen and oxygen atoms in total. The van der Waals surface area contributed by atoms with Crippen LogP contribution in [0.25, 0.3) is 11.0 Å². The Labute approximate surface area is 75.4 Å². The standard InChI is InChI=1S/C10H10FNO/c1-2-12-10-5-7-3-4-8(11)6-9(7)13-10/h3-6,12H,2H2,1H3. The highest BCUT2D eigenvalue weighted by atomic mass is 19.1. The Hall–Kier alpha value is -1.51. The minimum atomic E-state index is -0.273. The lowest BCUT2D eigenvalue weighted by atomic mass is 10.2. The topological polar surface area (TPSA) is 25.2 Å². The summed E-state index contributed by atoms with van der Waals surface area (Å²) in [7, 11) is 0. The lowest BCUT2D eigenvalue weighted by Gasteiger charge is -1.93. The van der Waals surface area contributed by atoms with Crippen molar-refractivity contribution in [1.82, 2.24) is 0 Å². The van der Waals surface area contributed by atoms with Gasteiger partial charge in [0.1, 0.15) is 11.4 Å². The first kappa shape index (κ1) is 8.10. The van der Waals surface area contributed by atoms with E-state index in [1.807, 2.05) is 13.0 Å². The molecule has 13 heavy (non-hydrogen) atoms. The van der Waals surface area contributed by atoms with Crippen LogP contribution in [0.3, 0.4) is 0 Å². The monoisotopic (exact) mass is 179 g/mol. The van der Waals surface area contributed by atoms with Crippen LogP contribution in [0.4, 0.5) is 10.3 Å². The zero-order chi connectivity index (χ0) is 9.26. The fourth-order valence-electron chi connectivity index (χ4n) is 1.27.